The van der Waals surface area contributed by atoms with Gasteiger partial charge in [0, 0.05) is 12.3 Å². The van der Waals surface area contributed by atoms with E-state index in [0.29, 0.717) is 0 Å². The van der Waals surface area contributed by atoms with E-state index >= 15 is 0 Å². The summed E-state index contributed by atoms with van der Waals surface area (Å²) in [6, 6.07) is -0.963. The van der Waals surface area contributed by atoms with E-state index in [1.165, 1.54) is 12.3 Å². The highest BCUT2D eigenvalue weighted by Crippen LogP contribution is 2.22. The van der Waals surface area contributed by atoms with Crippen LogP contribution in [0.4, 0.5) is 0 Å². The second-order valence-electron chi connectivity index (χ2n) is 2.94. The molecule has 1 unspecified atom stereocenters. The third kappa shape index (κ3) is 3.20. The fourth-order valence-electron chi connectivity index (χ4n) is 1.09. The molecule has 0 bridgehead atoms. The third-order valence-electron chi connectivity index (χ3n) is 1.68. The highest BCUT2D eigenvalue weighted by atomic mass is 32.1. The Labute approximate surface area is 96.3 Å². The number of carbonyl (C=O) groups is 2. The maximum absolute atomic E-state index is 11.5. The standard InChI is InChI=1S/C9H12N2O4S/c1-3-15-8(13)7(10-5(2)12)6-4-16-9(14)11-6/h4,7H,3H2,1-2H3,(H,10,12)(H,11,14). The van der Waals surface area contributed by atoms with Gasteiger partial charge < -0.3 is 15.2 Å². The van der Waals surface area contributed by atoms with E-state index in [-0.39, 0.29) is 23.4 Å². The van der Waals surface area contributed by atoms with Gasteiger partial charge in [0.1, 0.15) is 0 Å². The Kier molecular flexibility index (Phi) is 4.24. The van der Waals surface area contributed by atoms with Gasteiger partial charge in [-0.3, -0.25) is 4.79 Å². The van der Waals surface area contributed by atoms with Crippen molar-refractivity contribution in [2.75, 3.05) is 6.61 Å². The van der Waals surface area contributed by atoms with Crippen molar-refractivity contribution in [2.45, 2.75) is 19.9 Å². The predicted octanol–water partition coefficient (Wildman–Crippen LogP) is 0.589. The normalized spacial score (nSPS) is 11.9. The SMILES string of the molecule is CCOC(=O)C(NC(C)=O)c1csc(O)n1. The summed E-state index contributed by atoms with van der Waals surface area (Å²) in [6.07, 6.45) is 0. The summed E-state index contributed by atoms with van der Waals surface area (Å²) in [4.78, 5) is 26.2. The van der Waals surface area contributed by atoms with Crippen LogP contribution in [0.15, 0.2) is 5.38 Å². The van der Waals surface area contributed by atoms with Gasteiger partial charge in [-0.15, -0.1) is 0 Å². The molecule has 1 aromatic heterocycles. The zero-order valence-corrected chi connectivity index (χ0v) is 9.71. The van der Waals surface area contributed by atoms with Crippen molar-refractivity contribution < 1.29 is 19.4 Å². The Morgan fingerprint density at radius 1 is 1.69 bits per heavy atom. The second-order valence-corrected chi connectivity index (χ2v) is 3.78. The number of nitrogens with zero attached hydrogens (tertiary/aromatic N) is 1. The first kappa shape index (κ1) is 12.4. The summed E-state index contributed by atoms with van der Waals surface area (Å²) in [7, 11) is 0. The molecule has 0 aromatic carbocycles. The monoisotopic (exact) mass is 244 g/mol. The van der Waals surface area contributed by atoms with Crippen LogP contribution in [0, 0.1) is 0 Å². The number of esters is 1. The molecule has 1 rings (SSSR count). The minimum absolute atomic E-state index is 0.158. The molecule has 1 heterocycles. The van der Waals surface area contributed by atoms with Gasteiger partial charge in [0.05, 0.1) is 12.3 Å². The van der Waals surface area contributed by atoms with Gasteiger partial charge in [-0.2, -0.15) is 0 Å². The summed E-state index contributed by atoms with van der Waals surface area (Å²) in [5.41, 5.74) is 0.274. The largest absolute Gasteiger partial charge is 0.486 e. The molecule has 0 spiro atoms. The number of rotatable bonds is 4. The first-order valence-electron chi connectivity index (χ1n) is 4.62. The zero-order chi connectivity index (χ0) is 12.1. The highest BCUT2D eigenvalue weighted by molar-refractivity contribution is 7.11. The van der Waals surface area contributed by atoms with Gasteiger partial charge in [-0.1, -0.05) is 11.3 Å². The van der Waals surface area contributed by atoms with Crippen LogP contribution in [0.25, 0.3) is 0 Å². The Morgan fingerprint density at radius 2 is 2.38 bits per heavy atom. The quantitative estimate of drug-likeness (QED) is 0.757. The molecule has 7 heteroatoms. The molecule has 1 aromatic rings. The molecule has 88 valence electrons. The van der Waals surface area contributed by atoms with E-state index < -0.39 is 12.0 Å². The van der Waals surface area contributed by atoms with Crippen molar-refractivity contribution in [3.8, 4) is 5.19 Å². The van der Waals surface area contributed by atoms with Gasteiger partial charge in [0.2, 0.25) is 5.91 Å². The minimum atomic E-state index is -0.963. The first-order chi connectivity index (χ1) is 7.54. The molecule has 2 N–H and O–H groups in total. The van der Waals surface area contributed by atoms with Crippen molar-refractivity contribution in [1.29, 1.82) is 0 Å². The molecule has 16 heavy (non-hydrogen) atoms. The van der Waals surface area contributed by atoms with Crippen molar-refractivity contribution >= 4 is 23.2 Å². The molecule has 0 radical (unpaired) electrons. The van der Waals surface area contributed by atoms with Gasteiger partial charge in [0.25, 0.3) is 5.19 Å². The number of ether oxygens (including phenoxy) is 1. The fraction of sp³-hybridized carbons (Fsp3) is 0.444. The van der Waals surface area contributed by atoms with E-state index in [1.54, 1.807) is 6.92 Å². The van der Waals surface area contributed by atoms with Crippen LogP contribution >= 0.6 is 11.3 Å². The Morgan fingerprint density at radius 3 is 2.81 bits per heavy atom. The molecular weight excluding hydrogens is 232 g/mol. The summed E-state index contributed by atoms with van der Waals surface area (Å²) < 4.78 is 4.80. The van der Waals surface area contributed by atoms with Crippen molar-refractivity contribution in [2.24, 2.45) is 0 Å². The summed E-state index contributed by atoms with van der Waals surface area (Å²) >= 11 is 0.981. The van der Waals surface area contributed by atoms with E-state index in [4.69, 9.17) is 9.84 Å². The molecular formula is C9H12N2O4S. The van der Waals surface area contributed by atoms with E-state index in [9.17, 15) is 9.59 Å². The number of amides is 1. The van der Waals surface area contributed by atoms with Gasteiger partial charge in [-0.25, -0.2) is 9.78 Å². The lowest BCUT2D eigenvalue weighted by molar-refractivity contribution is -0.147. The lowest BCUT2D eigenvalue weighted by Crippen LogP contribution is -2.33. The second kappa shape index (κ2) is 5.45. The average Bonchev–Trinajstić information content (AvgIpc) is 2.61. The highest BCUT2D eigenvalue weighted by Gasteiger charge is 2.25. The number of hydrogen-bond donors (Lipinski definition) is 2. The Hall–Kier alpha value is -1.63. The summed E-state index contributed by atoms with van der Waals surface area (Å²) in [5.74, 6) is -0.964. The lowest BCUT2D eigenvalue weighted by Gasteiger charge is -2.13. The number of nitrogens with one attached hydrogen (secondary N) is 1. The van der Waals surface area contributed by atoms with Crippen molar-refractivity contribution in [3.05, 3.63) is 11.1 Å². The van der Waals surface area contributed by atoms with Crippen LogP contribution in [0.2, 0.25) is 0 Å². The molecule has 0 saturated heterocycles. The Bertz CT molecular complexity index is 391. The van der Waals surface area contributed by atoms with Crippen LogP contribution in [0.3, 0.4) is 0 Å². The maximum atomic E-state index is 11.5. The Balaban J connectivity index is 2.86. The van der Waals surface area contributed by atoms with E-state index in [2.05, 4.69) is 10.3 Å². The maximum Gasteiger partial charge on any atom is 0.335 e. The summed E-state index contributed by atoms with van der Waals surface area (Å²) in [5, 5.41) is 12.8. The summed E-state index contributed by atoms with van der Waals surface area (Å²) in [6.45, 7) is 3.17. The number of aromatic hydroxyl groups is 1. The number of aromatic nitrogens is 1. The molecule has 0 aliphatic carbocycles. The molecule has 0 aliphatic rings. The van der Waals surface area contributed by atoms with Crippen molar-refractivity contribution in [3.63, 3.8) is 0 Å². The fourth-order valence-corrected chi connectivity index (χ4v) is 1.66. The minimum Gasteiger partial charge on any atom is -0.486 e. The van der Waals surface area contributed by atoms with Gasteiger partial charge in [0.15, 0.2) is 6.04 Å². The van der Waals surface area contributed by atoms with E-state index in [0.717, 1.165) is 11.3 Å². The van der Waals surface area contributed by atoms with E-state index in [1.807, 2.05) is 0 Å². The van der Waals surface area contributed by atoms with Crippen LogP contribution in [0.1, 0.15) is 25.6 Å². The number of thiazole rings is 1. The molecule has 0 aliphatic heterocycles. The third-order valence-corrected chi connectivity index (χ3v) is 2.34. The number of hydrogen-bond acceptors (Lipinski definition) is 6. The average molecular weight is 244 g/mol. The van der Waals surface area contributed by atoms with Crippen LogP contribution in [-0.2, 0) is 14.3 Å². The van der Waals surface area contributed by atoms with Crippen LogP contribution in [-0.4, -0.2) is 28.6 Å². The zero-order valence-electron chi connectivity index (χ0n) is 8.89. The van der Waals surface area contributed by atoms with Crippen molar-refractivity contribution in [1.82, 2.24) is 10.3 Å². The van der Waals surface area contributed by atoms with Crippen LogP contribution in [0.5, 0.6) is 5.19 Å². The lowest BCUT2D eigenvalue weighted by atomic mass is 10.2. The molecule has 0 fully saturated rings. The molecule has 0 saturated carbocycles. The van der Waals surface area contributed by atoms with Crippen LogP contribution < -0.4 is 5.32 Å². The molecule has 6 nitrogen and oxygen atoms in total. The topological polar surface area (TPSA) is 88.5 Å². The smallest absolute Gasteiger partial charge is 0.335 e. The predicted molar refractivity (Wildman–Crippen MR) is 57.0 cm³/mol. The molecule has 1 amide bonds. The first-order valence-corrected chi connectivity index (χ1v) is 5.50. The van der Waals surface area contributed by atoms with Gasteiger partial charge >= 0.3 is 5.97 Å². The number of carbonyl (C=O) groups excluding carboxylic acids is 2. The molecule has 1 atom stereocenters. The van der Waals surface area contributed by atoms with Gasteiger partial charge in [-0.05, 0) is 6.92 Å².